The summed E-state index contributed by atoms with van der Waals surface area (Å²) in [6, 6.07) is 16.3. The third-order valence-electron chi connectivity index (χ3n) is 5.10. The fourth-order valence-electron chi connectivity index (χ4n) is 3.66. The van der Waals surface area contributed by atoms with Crippen LogP contribution in [-0.4, -0.2) is 26.5 Å². The number of carboxylic acid groups (broad SMARTS) is 1. The summed E-state index contributed by atoms with van der Waals surface area (Å²) in [6.45, 7) is 0. The van der Waals surface area contributed by atoms with Crippen molar-refractivity contribution in [3.8, 4) is 22.8 Å². The number of aromatic nitrogens is 3. The van der Waals surface area contributed by atoms with Gasteiger partial charge in [0, 0.05) is 0 Å². The van der Waals surface area contributed by atoms with Crippen LogP contribution in [0, 0.1) is 0 Å². The van der Waals surface area contributed by atoms with E-state index in [9.17, 15) is 4.79 Å². The molecule has 138 valence electrons. The lowest BCUT2D eigenvalue weighted by atomic mass is 9.83. The van der Waals surface area contributed by atoms with Crippen molar-refractivity contribution < 1.29 is 14.6 Å². The molecule has 0 spiro atoms. The zero-order valence-electron chi connectivity index (χ0n) is 14.9. The number of aromatic amines is 1. The highest BCUT2D eigenvalue weighted by molar-refractivity contribution is 5.87. The number of H-pyrrole nitrogens is 1. The average molecular weight is 363 g/mol. The van der Waals surface area contributed by atoms with Gasteiger partial charge >= 0.3 is 5.97 Å². The minimum atomic E-state index is -1.16. The van der Waals surface area contributed by atoms with Gasteiger partial charge in [-0.25, -0.2) is 9.89 Å². The van der Waals surface area contributed by atoms with Crippen molar-refractivity contribution in [1.29, 1.82) is 0 Å². The summed E-state index contributed by atoms with van der Waals surface area (Å²) >= 11 is 0. The van der Waals surface area contributed by atoms with Crippen LogP contribution in [0.4, 0.5) is 0 Å². The van der Waals surface area contributed by atoms with Crippen LogP contribution in [0.1, 0.15) is 54.1 Å². The molecule has 3 aromatic rings. The maximum Gasteiger partial charge on any atom is 0.359 e. The van der Waals surface area contributed by atoms with Crippen LogP contribution in [0.2, 0.25) is 0 Å². The standard InChI is InChI=1S/C21H21N3O3/c25-21(26)19-20(23-24-22-19)27-18-11-9-15(10-12-18)17-8-4-7-16(13-17)14-5-2-1-3-6-14/h4,7-14H,1-3,5-6H2,(H,25,26)(H,22,23,24). The first-order valence-electron chi connectivity index (χ1n) is 9.23. The van der Waals surface area contributed by atoms with E-state index in [0.717, 1.165) is 5.56 Å². The van der Waals surface area contributed by atoms with Crippen molar-refractivity contribution in [2.45, 2.75) is 38.0 Å². The molecule has 0 saturated heterocycles. The second kappa shape index (κ2) is 7.61. The van der Waals surface area contributed by atoms with Gasteiger partial charge < -0.3 is 9.84 Å². The van der Waals surface area contributed by atoms with Gasteiger partial charge in [-0.1, -0.05) is 66.0 Å². The Kier molecular flexibility index (Phi) is 4.87. The number of rotatable bonds is 5. The lowest BCUT2D eigenvalue weighted by Gasteiger charge is -2.22. The van der Waals surface area contributed by atoms with E-state index in [0.29, 0.717) is 11.7 Å². The predicted molar refractivity (Wildman–Crippen MR) is 101 cm³/mol. The maximum atomic E-state index is 11.1. The van der Waals surface area contributed by atoms with Crippen LogP contribution in [0.5, 0.6) is 11.6 Å². The van der Waals surface area contributed by atoms with Crippen LogP contribution in [0.15, 0.2) is 48.5 Å². The fraction of sp³-hybridized carbons (Fsp3) is 0.286. The van der Waals surface area contributed by atoms with E-state index in [2.05, 4.69) is 39.7 Å². The molecule has 0 aliphatic heterocycles. The molecule has 6 heteroatoms. The topological polar surface area (TPSA) is 88.1 Å². The van der Waals surface area contributed by atoms with E-state index in [1.807, 2.05) is 24.3 Å². The number of hydrogen-bond donors (Lipinski definition) is 2. The van der Waals surface area contributed by atoms with Gasteiger partial charge in [-0.3, -0.25) is 0 Å². The van der Waals surface area contributed by atoms with Crippen LogP contribution >= 0.6 is 0 Å². The minimum absolute atomic E-state index is 0.0467. The number of carbonyl (C=O) groups is 1. The number of carboxylic acids is 1. The molecule has 0 atom stereocenters. The monoisotopic (exact) mass is 363 g/mol. The van der Waals surface area contributed by atoms with E-state index < -0.39 is 5.97 Å². The number of aromatic carboxylic acids is 1. The molecule has 1 saturated carbocycles. The van der Waals surface area contributed by atoms with Gasteiger partial charge in [0.2, 0.25) is 5.69 Å². The van der Waals surface area contributed by atoms with Crippen molar-refractivity contribution in [2.75, 3.05) is 0 Å². The summed E-state index contributed by atoms with van der Waals surface area (Å²) in [7, 11) is 0. The van der Waals surface area contributed by atoms with Gasteiger partial charge in [0.1, 0.15) is 5.75 Å². The molecule has 1 aliphatic rings. The van der Waals surface area contributed by atoms with Crippen LogP contribution in [0.3, 0.4) is 0 Å². The molecule has 1 aliphatic carbocycles. The van der Waals surface area contributed by atoms with Crippen LogP contribution in [0.25, 0.3) is 11.1 Å². The van der Waals surface area contributed by atoms with Gasteiger partial charge in [0.25, 0.3) is 5.88 Å². The van der Waals surface area contributed by atoms with E-state index in [1.54, 1.807) is 0 Å². The lowest BCUT2D eigenvalue weighted by Crippen LogP contribution is -2.04. The molecule has 6 nitrogen and oxygen atoms in total. The number of hydrogen-bond acceptors (Lipinski definition) is 4. The Morgan fingerprint density at radius 3 is 2.56 bits per heavy atom. The Morgan fingerprint density at radius 2 is 1.81 bits per heavy atom. The van der Waals surface area contributed by atoms with Crippen LogP contribution < -0.4 is 4.74 Å². The number of nitrogens with one attached hydrogen (secondary N) is 1. The third kappa shape index (κ3) is 3.84. The molecule has 2 aromatic carbocycles. The van der Waals surface area contributed by atoms with E-state index in [1.165, 1.54) is 43.2 Å². The molecule has 0 unspecified atom stereocenters. The Bertz CT molecular complexity index is 928. The molecule has 0 bridgehead atoms. The van der Waals surface area contributed by atoms with Gasteiger partial charge in [0.05, 0.1) is 0 Å². The maximum absolute atomic E-state index is 11.1. The summed E-state index contributed by atoms with van der Waals surface area (Å²) in [5.41, 5.74) is 3.52. The first-order chi connectivity index (χ1) is 13.2. The normalized spacial score (nSPS) is 14.8. The van der Waals surface area contributed by atoms with Crippen molar-refractivity contribution in [1.82, 2.24) is 15.4 Å². The molecule has 2 N–H and O–H groups in total. The Labute approximate surface area is 157 Å². The first-order valence-corrected chi connectivity index (χ1v) is 9.23. The molecule has 1 fully saturated rings. The third-order valence-corrected chi connectivity index (χ3v) is 5.10. The smallest absolute Gasteiger partial charge is 0.359 e. The van der Waals surface area contributed by atoms with Crippen molar-refractivity contribution >= 4 is 5.97 Å². The van der Waals surface area contributed by atoms with Gasteiger partial charge in [-0.15, -0.1) is 0 Å². The van der Waals surface area contributed by atoms with Gasteiger partial charge in [-0.05, 0) is 47.6 Å². The van der Waals surface area contributed by atoms with Gasteiger partial charge in [-0.2, -0.15) is 0 Å². The summed E-state index contributed by atoms with van der Waals surface area (Å²) in [5, 5.41) is 18.5. The molecule has 0 radical (unpaired) electrons. The Balaban J connectivity index is 1.52. The van der Waals surface area contributed by atoms with Gasteiger partial charge in [0.15, 0.2) is 0 Å². The number of nitrogens with zero attached hydrogens (tertiary/aromatic N) is 2. The largest absolute Gasteiger partial charge is 0.476 e. The molecule has 1 aromatic heterocycles. The summed E-state index contributed by atoms with van der Waals surface area (Å²) < 4.78 is 5.53. The minimum Gasteiger partial charge on any atom is -0.476 e. The lowest BCUT2D eigenvalue weighted by molar-refractivity contribution is 0.0687. The van der Waals surface area contributed by atoms with Crippen molar-refractivity contribution in [3.63, 3.8) is 0 Å². The Morgan fingerprint density at radius 1 is 1.04 bits per heavy atom. The predicted octanol–water partition coefficient (Wildman–Crippen LogP) is 5.01. The first kappa shape index (κ1) is 17.3. The summed E-state index contributed by atoms with van der Waals surface area (Å²) in [6.07, 6.45) is 6.55. The molecule has 4 rings (SSSR count). The highest BCUT2D eigenvalue weighted by atomic mass is 16.5. The summed E-state index contributed by atoms with van der Waals surface area (Å²) in [5.74, 6) is -0.0257. The average Bonchev–Trinajstić information content (AvgIpc) is 3.18. The molecular weight excluding hydrogens is 342 g/mol. The number of ether oxygens (including phenoxy) is 1. The van der Waals surface area contributed by atoms with Crippen molar-refractivity contribution in [2.24, 2.45) is 0 Å². The van der Waals surface area contributed by atoms with Crippen molar-refractivity contribution in [3.05, 3.63) is 59.8 Å². The van der Waals surface area contributed by atoms with E-state index >= 15 is 0 Å². The summed E-state index contributed by atoms with van der Waals surface area (Å²) in [4.78, 5) is 11.1. The molecule has 0 amide bonds. The molecule has 27 heavy (non-hydrogen) atoms. The highest BCUT2D eigenvalue weighted by Crippen LogP contribution is 2.34. The van der Waals surface area contributed by atoms with E-state index in [4.69, 9.17) is 9.84 Å². The zero-order valence-corrected chi connectivity index (χ0v) is 14.9. The second-order valence-electron chi connectivity index (χ2n) is 6.88. The zero-order chi connectivity index (χ0) is 18.6. The molecule has 1 heterocycles. The second-order valence-corrected chi connectivity index (χ2v) is 6.88. The number of benzene rings is 2. The van der Waals surface area contributed by atoms with E-state index in [-0.39, 0.29) is 11.6 Å². The fourth-order valence-corrected chi connectivity index (χ4v) is 3.66. The quantitative estimate of drug-likeness (QED) is 0.665. The molecular formula is C21H21N3O3. The highest BCUT2D eigenvalue weighted by Gasteiger charge is 2.17. The SMILES string of the molecule is O=C(O)c1[nH]nnc1Oc1ccc(-c2cccc(C3CCCCC3)c2)cc1. The van der Waals surface area contributed by atoms with Crippen LogP contribution in [-0.2, 0) is 0 Å². The Hall–Kier alpha value is -3.15.